The molecular weight excluding hydrogens is 230 g/mol. The van der Waals surface area contributed by atoms with Crippen LogP contribution in [0.4, 0.5) is 0 Å². The summed E-state index contributed by atoms with van der Waals surface area (Å²) in [5, 5.41) is 12.7. The zero-order chi connectivity index (χ0) is 13.0. The van der Waals surface area contributed by atoms with E-state index in [2.05, 4.69) is 5.32 Å². The molecule has 4 nitrogen and oxygen atoms in total. The number of rotatable bonds is 3. The number of aliphatic hydroxyl groups is 1. The van der Waals surface area contributed by atoms with Gasteiger partial charge in [-0.1, -0.05) is 12.8 Å². The van der Waals surface area contributed by atoms with Gasteiger partial charge in [0.25, 0.3) is 5.91 Å². The van der Waals surface area contributed by atoms with Crippen LogP contribution in [0.1, 0.15) is 36.0 Å². The van der Waals surface area contributed by atoms with Crippen LogP contribution in [0.15, 0.2) is 24.3 Å². The largest absolute Gasteiger partial charge is 0.497 e. The van der Waals surface area contributed by atoms with Gasteiger partial charge < -0.3 is 15.2 Å². The minimum absolute atomic E-state index is 0.117. The Morgan fingerprint density at radius 3 is 2.56 bits per heavy atom. The van der Waals surface area contributed by atoms with E-state index in [4.69, 9.17) is 4.74 Å². The number of methoxy groups -OCH3 is 1. The molecule has 2 atom stereocenters. The van der Waals surface area contributed by atoms with Gasteiger partial charge in [0.1, 0.15) is 5.75 Å². The molecule has 4 heteroatoms. The van der Waals surface area contributed by atoms with Crippen molar-refractivity contribution in [3.05, 3.63) is 29.8 Å². The van der Waals surface area contributed by atoms with E-state index in [9.17, 15) is 9.90 Å². The van der Waals surface area contributed by atoms with Gasteiger partial charge in [0.05, 0.1) is 19.3 Å². The summed E-state index contributed by atoms with van der Waals surface area (Å²) < 4.78 is 5.04. The van der Waals surface area contributed by atoms with Gasteiger partial charge in [-0.3, -0.25) is 4.79 Å². The van der Waals surface area contributed by atoms with Crippen LogP contribution < -0.4 is 10.1 Å². The molecule has 1 aliphatic carbocycles. The Morgan fingerprint density at radius 1 is 1.28 bits per heavy atom. The minimum atomic E-state index is -0.416. The third-order valence-electron chi connectivity index (χ3n) is 3.40. The molecule has 0 aliphatic heterocycles. The lowest BCUT2D eigenvalue weighted by Gasteiger charge is -2.28. The Labute approximate surface area is 107 Å². The Morgan fingerprint density at radius 2 is 1.94 bits per heavy atom. The lowest BCUT2D eigenvalue weighted by Crippen LogP contribution is -2.45. The van der Waals surface area contributed by atoms with Crippen molar-refractivity contribution in [3.63, 3.8) is 0 Å². The number of hydrogen-bond donors (Lipinski definition) is 2. The number of benzene rings is 1. The van der Waals surface area contributed by atoms with E-state index in [0.717, 1.165) is 31.4 Å². The molecule has 18 heavy (non-hydrogen) atoms. The highest BCUT2D eigenvalue weighted by molar-refractivity contribution is 5.94. The van der Waals surface area contributed by atoms with Crippen molar-refractivity contribution in [2.45, 2.75) is 37.8 Å². The number of carbonyl (C=O) groups is 1. The summed E-state index contributed by atoms with van der Waals surface area (Å²) in [6, 6.07) is 6.85. The number of hydrogen-bond acceptors (Lipinski definition) is 3. The predicted octanol–water partition coefficient (Wildman–Crippen LogP) is 1.73. The molecule has 1 amide bonds. The van der Waals surface area contributed by atoms with Gasteiger partial charge >= 0.3 is 0 Å². The summed E-state index contributed by atoms with van der Waals surface area (Å²) >= 11 is 0. The minimum Gasteiger partial charge on any atom is -0.497 e. The van der Waals surface area contributed by atoms with Crippen LogP contribution in [0.25, 0.3) is 0 Å². The average molecular weight is 249 g/mol. The van der Waals surface area contributed by atoms with Crippen LogP contribution in [0.2, 0.25) is 0 Å². The molecule has 0 aromatic heterocycles. The van der Waals surface area contributed by atoms with Gasteiger partial charge in [-0.2, -0.15) is 0 Å². The highest BCUT2D eigenvalue weighted by atomic mass is 16.5. The van der Waals surface area contributed by atoms with Crippen molar-refractivity contribution in [1.82, 2.24) is 5.32 Å². The van der Waals surface area contributed by atoms with Crippen LogP contribution in [0.5, 0.6) is 5.75 Å². The van der Waals surface area contributed by atoms with Crippen molar-refractivity contribution in [2.24, 2.45) is 0 Å². The number of carbonyl (C=O) groups excluding carboxylic acids is 1. The van der Waals surface area contributed by atoms with Crippen LogP contribution >= 0.6 is 0 Å². The van der Waals surface area contributed by atoms with E-state index >= 15 is 0 Å². The monoisotopic (exact) mass is 249 g/mol. The third-order valence-corrected chi connectivity index (χ3v) is 3.40. The molecule has 1 fully saturated rings. The third kappa shape index (κ3) is 3.01. The summed E-state index contributed by atoms with van der Waals surface area (Å²) in [6.07, 6.45) is 3.30. The normalized spacial score (nSPS) is 23.4. The maximum Gasteiger partial charge on any atom is 0.251 e. The van der Waals surface area contributed by atoms with Crippen molar-refractivity contribution >= 4 is 5.91 Å². The van der Waals surface area contributed by atoms with Crippen molar-refractivity contribution < 1.29 is 14.6 Å². The molecule has 0 radical (unpaired) electrons. The Kier molecular flexibility index (Phi) is 4.20. The standard InChI is InChI=1S/C14H19NO3/c1-18-11-8-6-10(7-9-11)14(17)15-12-4-2-3-5-13(12)16/h6-9,12-13,16H,2-5H2,1H3,(H,15,17)/t12-,13-/m0/s1. The molecule has 1 aromatic rings. The first-order valence-corrected chi connectivity index (χ1v) is 6.33. The molecule has 1 saturated carbocycles. The van der Waals surface area contributed by atoms with Crippen LogP contribution in [-0.4, -0.2) is 30.3 Å². The second-order valence-electron chi connectivity index (χ2n) is 4.66. The van der Waals surface area contributed by atoms with E-state index in [1.54, 1.807) is 31.4 Å². The summed E-state index contributed by atoms with van der Waals surface area (Å²) in [4.78, 5) is 12.0. The molecule has 0 bridgehead atoms. The Hall–Kier alpha value is -1.55. The SMILES string of the molecule is COc1ccc(C(=O)N[C@H]2CCCC[C@@H]2O)cc1. The van der Waals surface area contributed by atoms with Gasteiger partial charge in [-0.15, -0.1) is 0 Å². The van der Waals surface area contributed by atoms with E-state index in [-0.39, 0.29) is 11.9 Å². The smallest absolute Gasteiger partial charge is 0.251 e. The lowest BCUT2D eigenvalue weighted by atomic mass is 9.92. The highest BCUT2D eigenvalue weighted by Crippen LogP contribution is 2.19. The molecule has 0 spiro atoms. The second kappa shape index (κ2) is 5.87. The summed E-state index contributed by atoms with van der Waals surface area (Å²) in [6.45, 7) is 0. The number of aliphatic hydroxyl groups excluding tert-OH is 1. The van der Waals surface area contributed by atoms with E-state index in [1.807, 2.05) is 0 Å². The van der Waals surface area contributed by atoms with Crippen LogP contribution in [0.3, 0.4) is 0 Å². The first-order valence-electron chi connectivity index (χ1n) is 6.33. The predicted molar refractivity (Wildman–Crippen MR) is 68.7 cm³/mol. The highest BCUT2D eigenvalue weighted by Gasteiger charge is 2.24. The van der Waals surface area contributed by atoms with Gasteiger partial charge in [0, 0.05) is 5.56 Å². The summed E-state index contributed by atoms with van der Waals surface area (Å²) in [7, 11) is 1.59. The van der Waals surface area contributed by atoms with Crippen LogP contribution in [0, 0.1) is 0 Å². The molecule has 0 unspecified atom stereocenters. The average Bonchev–Trinajstić information content (AvgIpc) is 2.41. The van der Waals surface area contributed by atoms with Gasteiger partial charge in [0.2, 0.25) is 0 Å². The first-order chi connectivity index (χ1) is 8.70. The lowest BCUT2D eigenvalue weighted by molar-refractivity contribution is 0.0717. The second-order valence-corrected chi connectivity index (χ2v) is 4.66. The molecule has 1 aromatic carbocycles. The maximum atomic E-state index is 12.0. The fourth-order valence-electron chi connectivity index (χ4n) is 2.27. The van der Waals surface area contributed by atoms with E-state index in [1.165, 1.54) is 0 Å². The fourth-order valence-corrected chi connectivity index (χ4v) is 2.27. The molecule has 98 valence electrons. The maximum absolute atomic E-state index is 12.0. The zero-order valence-corrected chi connectivity index (χ0v) is 10.6. The van der Waals surface area contributed by atoms with Gasteiger partial charge in [-0.25, -0.2) is 0 Å². The molecule has 0 heterocycles. The summed E-state index contributed by atoms with van der Waals surface area (Å²) in [5.74, 6) is 0.591. The Balaban J connectivity index is 1.97. The van der Waals surface area contributed by atoms with E-state index in [0.29, 0.717) is 5.56 Å². The molecule has 2 rings (SSSR count). The zero-order valence-electron chi connectivity index (χ0n) is 10.6. The summed E-state index contributed by atoms with van der Waals surface area (Å²) in [5.41, 5.74) is 0.591. The van der Waals surface area contributed by atoms with Gasteiger partial charge in [0.15, 0.2) is 0 Å². The quantitative estimate of drug-likeness (QED) is 0.857. The van der Waals surface area contributed by atoms with Crippen molar-refractivity contribution in [1.29, 1.82) is 0 Å². The topological polar surface area (TPSA) is 58.6 Å². The first kappa shape index (κ1) is 12.9. The molecule has 0 saturated heterocycles. The van der Waals surface area contributed by atoms with Crippen molar-refractivity contribution in [2.75, 3.05) is 7.11 Å². The molecule has 2 N–H and O–H groups in total. The number of nitrogens with one attached hydrogen (secondary N) is 1. The van der Waals surface area contributed by atoms with Crippen molar-refractivity contribution in [3.8, 4) is 5.75 Å². The van der Waals surface area contributed by atoms with Crippen LogP contribution in [-0.2, 0) is 0 Å². The molecular formula is C14H19NO3. The fraction of sp³-hybridized carbons (Fsp3) is 0.500. The number of amides is 1. The Bertz CT molecular complexity index is 402. The number of ether oxygens (including phenoxy) is 1. The van der Waals surface area contributed by atoms with Gasteiger partial charge in [-0.05, 0) is 37.1 Å². The molecule has 1 aliphatic rings. The van der Waals surface area contributed by atoms with E-state index < -0.39 is 6.10 Å².